The molecule has 6 heteroatoms. The molecular weight excluding hydrogens is 307 g/mol. The molecule has 0 aliphatic heterocycles. The Kier molecular flexibility index (Phi) is 7.55. The van der Waals surface area contributed by atoms with E-state index in [1.807, 2.05) is 0 Å². The summed E-state index contributed by atoms with van der Waals surface area (Å²) in [5, 5.41) is -0.421. The van der Waals surface area contributed by atoms with E-state index in [2.05, 4.69) is 0 Å². The maximum absolute atomic E-state index is 13.5. The van der Waals surface area contributed by atoms with Gasteiger partial charge in [-0.3, -0.25) is 0 Å². The lowest BCUT2D eigenvalue weighted by atomic mass is 10.2. The SMILES string of the molecule is CC(C)(C)OC(=O)COCCC(C=O)Sc1ccccc1F. The van der Waals surface area contributed by atoms with E-state index in [1.165, 1.54) is 6.07 Å². The highest BCUT2D eigenvalue weighted by molar-refractivity contribution is 8.00. The second-order valence-corrected chi connectivity index (χ2v) is 6.93. The molecule has 1 unspecified atom stereocenters. The summed E-state index contributed by atoms with van der Waals surface area (Å²) in [5.74, 6) is -0.800. The lowest BCUT2D eigenvalue weighted by Crippen LogP contribution is -2.26. The third-order valence-corrected chi connectivity index (χ3v) is 3.69. The van der Waals surface area contributed by atoms with Gasteiger partial charge in [0.25, 0.3) is 0 Å². The number of halogens is 1. The van der Waals surface area contributed by atoms with Crippen LogP contribution in [0.2, 0.25) is 0 Å². The number of ether oxygens (including phenoxy) is 2. The standard InChI is InChI=1S/C16H21FO4S/c1-16(2,3)21-15(19)11-20-9-8-12(10-18)22-14-7-5-4-6-13(14)17/h4-7,10,12H,8-9,11H2,1-3H3. The third kappa shape index (κ3) is 7.56. The number of benzene rings is 1. The molecule has 0 saturated heterocycles. The molecule has 0 aliphatic rings. The molecule has 1 aromatic rings. The van der Waals surface area contributed by atoms with Crippen molar-refractivity contribution < 1.29 is 23.5 Å². The van der Waals surface area contributed by atoms with Crippen LogP contribution >= 0.6 is 11.8 Å². The molecule has 122 valence electrons. The first-order valence-corrected chi connectivity index (χ1v) is 7.86. The summed E-state index contributed by atoms with van der Waals surface area (Å²) in [6, 6.07) is 6.28. The second kappa shape index (κ2) is 8.90. The summed E-state index contributed by atoms with van der Waals surface area (Å²) in [4.78, 5) is 22.9. The number of hydrogen-bond donors (Lipinski definition) is 0. The van der Waals surface area contributed by atoms with Crippen molar-refractivity contribution in [3.8, 4) is 0 Å². The molecule has 0 aliphatic carbocycles. The molecule has 0 saturated carbocycles. The van der Waals surface area contributed by atoms with Gasteiger partial charge in [0.15, 0.2) is 0 Å². The number of carbonyl (C=O) groups excluding carboxylic acids is 2. The molecule has 4 nitrogen and oxygen atoms in total. The van der Waals surface area contributed by atoms with E-state index in [0.29, 0.717) is 11.3 Å². The first-order valence-electron chi connectivity index (χ1n) is 6.98. The van der Waals surface area contributed by atoms with Crippen molar-refractivity contribution >= 4 is 24.0 Å². The number of carbonyl (C=O) groups is 2. The normalized spacial score (nSPS) is 12.7. The van der Waals surface area contributed by atoms with Crippen molar-refractivity contribution in [1.82, 2.24) is 0 Å². The molecule has 0 amide bonds. The van der Waals surface area contributed by atoms with Crippen LogP contribution in [0.4, 0.5) is 4.39 Å². The second-order valence-electron chi connectivity index (χ2n) is 5.65. The minimum absolute atomic E-state index is 0.160. The topological polar surface area (TPSA) is 52.6 Å². The lowest BCUT2D eigenvalue weighted by molar-refractivity contribution is -0.160. The smallest absolute Gasteiger partial charge is 0.332 e. The molecule has 0 N–H and O–H groups in total. The van der Waals surface area contributed by atoms with Crippen LogP contribution in [0.15, 0.2) is 29.2 Å². The molecule has 0 fully saturated rings. The van der Waals surface area contributed by atoms with E-state index in [0.717, 1.165) is 18.0 Å². The Morgan fingerprint density at radius 1 is 1.36 bits per heavy atom. The monoisotopic (exact) mass is 328 g/mol. The number of aldehydes is 1. The number of thioether (sulfide) groups is 1. The number of hydrogen-bond acceptors (Lipinski definition) is 5. The third-order valence-electron chi connectivity index (χ3n) is 2.45. The number of esters is 1. The highest BCUT2D eigenvalue weighted by Gasteiger charge is 2.17. The lowest BCUT2D eigenvalue weighted by Gasteiger charge is -2.19. The zero-order chi connectivity index (χ0) is 16.6. The van der Waals surface area contributed by atoms with Crippen molar-refractivity contribution in [3.05, 3.63) is 30.1 Å². The highest BCUT2D eigenvalue weighted by Crippen LogP contribution is 2.26. The summed E-state index contributed by atoms with van der Waals surface area (Å²) in [7, 11) is 0. The Balaban J connectivity index is 2.32. The van der Waals surface area contributed by atoms with Crippen LogP contribution in [0.1, 0.15) is 27.2 Å². The quantitative estimate of drug-likeness (QED) is 0.317. The first-order chi connectivity index (χ1) is 10.3. The predicted octanol–water partition coefficient (Wildman–Crippen LogP) is 3.23. The number of rotatable bonds is 8. The van der Waals surface area contributed by atoms with Gasteiger partial charge in [-0.1, -0.05) is 12.1 Å². The summed E-state index contributed by atoms with van der Waals surface area (Å²) in [6.07, 6.45) is 1.15. The van der Waals surface area contributed by atoms with E-state index in [9.17, 15) is 14.0 Å². The van der Waals surface area contributed by atoms with Crippen molar-refractivity contribution in [3.63, 3.8) is 0 Å². The zero-order valence-corrected chi connectivity index (χ0v) is 13.8. The maximum atomic E-state index is 13.5. The van der Waals surface area contributed by atoms with E-state index in [4.69, 9.17) is 9.47 Å². The van der Waals surface area contributed by atoms with Gasteiger partial charge in [-0.05, 0) is 39.3 Å². The first kappa shape index (κ1) is 18.6. The van der Waals surface area contributed by atoms with Gasteiger partial charge < -0.3 is 14.3 Å². The fourth-order valence-corrected chi connectivity index (χ4v) is 2.52. The van der Waals surface area contributed by atoms with Crippen molar-refractivity contribution in [2.75, 3.05) is 13.2 Å². The van der Waals surface area contributed by atoms with Gasteiger partial charge in [-0.25, -0.2) is 9.18 Å². The van der Waals surface area contributed by atoms with Gasteiger partial charge in [0.05, 0.1) is 5.25 Å². The molecule has 1 atom stereocenters. The molecule has 0 radical (unpaired) electrons. The Labute approximate surface area is 134 Å². The van der Waals surface area contributed by atoms with Crippen LogP contribution in [-0.4, -0.2) is 36.3 Å². The van der Waals surface area contributed by atoms with Gasteiger partial charge in [-0.2, -0.15) is 0 Å². The molecule has 1 aromatic carbocycles. The minimum atomic E-state index is -0.549. The predicted molar refractivity (Wildman–Crippen MR) is 83.4 cm³/mol. The Bertz CT molecular complexity index is 499. The summed E-state index contributed by atoms with van der Waals surface area (Å²) in [6.45, 7) is 5.40. The zero-order valence-electron chi connectivity index (χ0n) is 13.0. The van der Waals surface area contributed by atoms with Crippen molar-refractivity contribution in [2.45, 2.75) is 42.9 Å². The van der Waals surface area contributed by atoms with E-state index < -0.39 is 16.8 Å². The fraction of sp³-hybridized carbons (Fsp3) is 0.500. The van der Waals surface area contributed by atoms with Crippen LogP contribution in [0.3, 0.4) is 0 Å². The van der Waals surface area contributed by atoms with Gasteiger partial charge >= 0.3 is 5.97 Å². The van der Waals surface area contributed by atoms with Gasteiger partial charge in [0, 0.05) is 11.5 Å². The van der Waals surface area contributed by atoms with Crippen molar-refractivity contribution in [1.29, 1.82) is 0 Å². The van der Waals surface area contributed by atoms with Crippen LogP contribution in [-0.2, 0) is 19.1 Å². The molecule has 22 heavy (non-hydrogen) atoms. The van der Waals surface area contributed by atoms with Crippen LogP contribution in [0.5, 0.6) is 0 Å². The Hall–Kier alpha value is -1.40. The Morgan fingerprint density at radius 2 is 2.05 bits per heavy atom. The van der Waals surface area contributed by atoms with E-state index in [-0.39, 0.29) is 19.0 Å². The molecule has 0 bridgehead atoms. The summed E-state index contributed by atoms with van der Waals surface area (Å²) < 4.78 is 23.8. The average Bonchev–Trinajstić information content (AvgIpc) is 2.42. The maximum Gasteiger partial charge on any atom is 0.332 e. The van der Waals surface area contributed by atoms with Gasteiger partial charge in [-0.15, -0.1) is 11.8 Å². The van der Waals surface area contributed by atoms with Gasteiger partial charge in [0.2, 0.25) is 0 Å². The van der Waals surface area contributed by atoms with Crippen LogP contribution < -0.4 is 0 Å². The summed E-state index contributed by atoms with van der Waals surface area (Å²) in [5.41, 5.74) is -0.549. The fourth-order valence-electron chi connectivity index (χ4n) is 1.58. The van der Waals surface area contributed by atoms with E-state index in [1.54, 1.807) is 39.0 Å². The largest absolute Gasteiger partial charge is 0.458 e. The van der Waals surface area contributed by atoms with Crippen LogP contribution in [0.25, 0.3) is 0 Å². The summed E-state index contributed by atoms with van der Waals surface area (Å²) >= 11 is 1.14. The highest BCUT2D eigenvalue weighted by atomic mass is 32.2. The van der Waals surface area contributed by atoms with Gasteiger partial charge in [0.1, 0.15) is 24.3 Å². The molecule has 0 spiro atoms. The van der Waals surface area contributed by atoms with Crippen molar-refractivity contribution in [2.24, 2.45) is 0 Å². The van der Waals surface area contributed by atoms with E-state index >= 15 is 0 Å². The molecule has 0 heterocycles. The molecular formula is C16H21FO4S. The Morgan fingerprint density at radius 3 is 2.64 bits per heavy atom. The average molecular weight is 328 g/mol. The minimum Gasteiger partial charge on any atom is -0.458 e. The van der Waals surface area contributed by atoms with Crippen LogP contribution in [0, 0.1) is 5.82 Å². The molecule has 0 aromatic heterocycles. The molecule has 1 rings (SSSR count).